The van der Waals surface area contributed by atoms with Crippen LogP contribution in [-0.4, -0.2) is 46.2 Å². The Morgan fingerprint density at radius 3 is 2.58 bits per heavy atom. The zero-order valence-electron chi connectivity index (χ0n) is 14.7. The van der Waals surface area contributed by atoms with Gasteiger partial charge >= 0.3 is 0 Å². The average Bonchev–Trinajstić information content (AvgIpc) is 3.21. The van der Waals surface area contributed by atoms with Crippen molar-refractivity contribution in [2.24, 2.45) is 0 Å². The number of likely N-dealkylation sites (tertiary alicyclic amines) is 1. The first-order valence-electron chi connectivity index (χ1n) is 8.93. The standard InChI is InChI=1S/C20H22N2O4/c1-26-14-6-4-13(5-7-14)16-9-8-15(18(23)21-16)19(24)22-12-2-3-17(22)20(25)10-11-20/h4-9,17,25H,2-3,10-12H2,1H3,(H,21,23). The van der Waals surface area contributed by atoms with Crippen LogP contribution in [0, 0.1) is 0 Å². The summed E-state index contributed by atoms with van der Waals surface area (Å²) in [6, 6.07) is 10.5. The molecule has 1 aliphatic carbocycles. The summed E-state index contributed by atoms with van der Waals surface area (Å²) in [7, 11) is 1.60. The Bertz CT molecular complexity index is 883. The quantitative estimate of drug-likeness (QED) is 0.882. The number of aliphatic hydroxyl groups is 1. The molecule has 136 valence electrons. The van der Waals surface area contributed by atoms with Crippen LogP contribution < -0.4 is 10.3 Å². The van der Waals surface area contributed by atoms with E-state index in [9.17, 15) is 14.7 Å². The highest BCUT2D eigenvalue weighted by Crippen LogP contribution is 2.44. The Balaban J connectivity index is 1.59. The van der Waals surface area contributed by atoms with Gasteiger partial charge in [0.05, 0.1) is 18.8 Å². The largest absolute Gasteiger partial charge is 0.497 e. The molecule has 26 heavy (non-hydrogen) atoms. The van der Waals surface area contributed by atoms with Crippen molar-refractivity contribution in [3.63, 3.8) is 0 Å². The van der Waals surface area contributed by atoms with Crippen molar-refractivity contribution in [3.05, 3.63) is 52.3 Å². The van der Waals surface area contributed by atoms with Crippen molar-refractivity contribution in [1.82, 2.24) is 9.88 Å². The fourth-order valence-corrected chi connectivity index (χ4v) is 3.77. The van der Waals surface area contributed by atoms with E-state index < -0.39 is 11.2 Å². The van der Waals surface area contributed by atoms with Gasteiger partial charge in [0.2, 0.25) is 0 Å². The molecule has 1 saturated heterocycles. The SMILES string of the molecule is COc1ccc(-c2ccc(C(=O)N3CCCC3C3(O)CC3)c(=O)[nH]2)cc1. The van der Waals surface area contributed by atoms with Crippen LogP contribution in [0.15, 0.2) is 41.2 Å². The minimum absolute atomic E-state index is 0.124. The molecule has 1 amide bonds. The van der Waals surface area contributed by atoms with E-state index in [4.69, 9.17) is 4.74 Å². The molecule has 2 aromatic rings. The summed E-state index contributed by atoms with van der Waals surface area (Å²) in [5, 5.41) is 10.4. The lowest BCUT2D eigenvalue weighted by molar-refractivity contribution is 0.0385. The predicted molar refractivity (Wildman–Crippen MR) is 97.3 cm³/mol. The zero-order chi connectivity index (χ0) is 18.3. The van der Waals surface area contributed by atoms with Crippen LogP contribution in [0.25, 0.3) is 11.3 Å². The van der Waals surface area contributed by atoms with Gasteiger partial charge in [-0.25, -0.2) is 0 Å². The molecule has 6 heteroatoms. The number of methoxy groups -OCH3 is 1. The number of pyridine rings is 1. The Morgan fingerprint density at radius 1 is 1.23 bits per heavy atom. The lowest BCUT2D eigenvalue weighted by atomic mass is 10.1. The number of amides is 1. The van der Waals surface area contributed by atoms with E-state index in [0.717, 1.165) is 37.0 Å². The molecular weight excluding hydrogens is 332 g/mol. The first-order valence-corrected chi connectivity index (χ1v) is 8.93. The third kappa shape index (κ3) is 2.90. The maximum absolute atomic E-state index is 12.9. The average molecular weight is 354 g/mol. The summed E-state index contributed by atoms with van der Waals surface area (Å²) in [5.74, 6) is 0.441. The second-order valence-electron chi connectivity index (χ2n) is 7.10. The van der Waals surface area contributed by atoms with Crippen molar-refractivity contribution in [3.8, 4) is 17.0 Å². The Kier molecular flexibility index (Phi) is 4.07. The van der Waals surface area contributed by atoms with Crippen molar-refractivity contribution < 1.29 is 14.6 Å². The van der Waals surface area contributed by atoms with Gasteiger partial charge in [-0.3, -0.25) is 9.59 Å². The van der Waals surface area contributed by atoms with E-state index in [1.165, 1.54) is 0 Å². The van der Waals surface area contributed by atoms with Crippen molar-refractivity contribution in [1.29, 1.82) is 0 Å². The Hall–Kier alpha value is -2.60. The molecule has 0 spiro atoms. The van der Waals surface area contributed by atoms with Crippen LogP contribution in [0.5, 0.6) is 5.75 Å². The Labute approximate surface area is 151 Å². The van der Waals surface area contributed by atoms with Crippen LogP contribution in [0.3, 0.4) is 0 Å². The number of rotatable bonds is 4. The van der Waals surface area contributed by atoms with Crippen LogP contribution in [-0.2, 0) is 0 Å². The molecule has 2 N–H and O–H groups in total. The number of carbonyl (C=O) groups is 1. The normalized spacial score (nSPS) is 20.8. The van der Waals surface area contributed by atoms with E-state index in [1.54, 1.807) is 24.1 Å². The highest BCUT2D eigenvalue weighted by Gasteiger charge is 2.52. The highest BCUT2D eigenvalue weighted by molar-refractivity contribution is 5.94. The first kappa shape index (κ1) is 16.8. The number of aromatic nitrogens is 1. The summed E-state index contributed by atoms with van der Waals surface area (Å²) >= 11 is 0. The molecule has 2 fully saturated rings. The third-order valence-electron chi connectivity index (χ3n) is 5.44. The molecule has 0 radical (unpaired) electrons. The molecule has 1 aliphatic heterocycles. The zero-order valence-corrected chi connectivity index (χ0v) is 14.7. The number of nitrogens with one attached hydrogen (secondary N) is 1. The molecule has 1 atom stereocenters. The summed E-state index contributed by atoms with van der Waals surface area (Å²) < 4.78 is 5.14. The minimum atomic E-state index is -0.748. The highest BCUT2D eigenvalue weighted by atomic mass is 16.5. The minimum Gasteiger partial charge on any atom is -0.497 e. The van der Waals surface area contributed by atoms with Gasteiger partial charge in [0, 0.05) is 12.2 Å². The van der Waals surface area contributed by atoms with Crippen LogP contribution in [0.1, 0.15) is 36.0 Å². The van der Waals surface area contributed by atoms with Gasteiger partial charge in [0.1, 0.15) is 11.3 Å². The van der Waals surface area contributed by atoms with Crippen molar-refractivity contribution in [2.75, 3.05) is 13.7 Å². The summed E-state index contributed by atoms with van der Waals surface area (Å²) in [6.07, 6.45) is 3.12. The van der Waals surface area contributed by atoms with Crippen LogP contribution in [0.4, 0.5) is 0 Å². The number of H-pyrrole nitrogens is 1. The lowest BCUT2D eigenvalue weighted by Gasteiger charge is -2.28. The molecule has 6 nitrogen and oxygen atoms in total. The summed E-state index contributed by atoms with van der Waals surface area (Å²) in [6.45, 7) is 0.589. The second-order valence-corrected chi connectivity index (χ2v) is 7.10. The monoisotopic (exact) mass is 354 g/mol. The van der Waals surface area contributed by atoms with Gasteiger partial charge in [0.15, 0.2) is 0 Å². The Morgan fingerprint density at radius 2 is 1.96 bits per heavy atom. The number of hydrogen-bond donors (Lipinski definition) is 2. The van der Waals surface area contributed by atoms with Gasteiger partial charge in [-0.2, -0.15) is 0 Å². The number of aromatic amines is 1. The third-order valence-corrected chi connectivity index (χ3v) is 5.44. The maximum Gasteiger partial charge on any atom is 0.261 e. The van der Waals surface area contributed by atoms with Gasteiger partial charge in [-0.05, 0) is 67.6 Å². The molecular formula is C20H22N2O4. The van der Waals surface area contributed by atoms with E-state index in [2.05, 4.69) is 4.98 Å². The van der Waals surface area contributed by atoms with Crippen molar-refractivity contribution in [2.45, 2.75) is 37.3 Å². The van der Waals surface area contributed by atoms with E-state index in [-0.39, 0.29) is 17.5 Å². The predicted octanol–water partition coefficient (Wildman–Crippen LogP) is 2.18. The molecule has 0 bridgehead atoms. The molecule has 2 heterocycles. The van der Waals surface area contributed by atoms with Gasteiger partial charge < -0.3 is 19.7 Å². The molecule has 1 aromatic heterocycles. The van der Waals surface area contributed by atoms with E-state index in [0.29, 0.717) is 12.2 Å². The molecule has 1 saturated carbocycles. The number of nitrogens with zero attached hydrogens (tertiary/aromatic N) is 1. The smallest absolute Gasteiger partial charge is 0.261 e. The molecule has 2 aliphatic rings. The van der Waals surface area contributed by atoms with Gasteiger partial charge in [-0.1, -0.05) is 0 Å². The fourth-order valence-electron chi connectivity index (χ4n) is 3.77. The maximum atomic E-state index is 12.9. The van der Waals surface area contributed by atoms with Crippen LogP contribution >= 0.6 is 0 Å². The van der Waals surface area contributed by atoms with E-state index >= 15 is 0 Å². The van der Waals surface area contributed by atoms with Crippen LogP contribution in [0.2, 0.25) is 0 Å². The molecule has 4 rings (SSSR count). The number of benzene rings is 1. The molecule has 1 aromatic carbocycles. The summed E-state index contributed by atoms with van der Waals surface area (Å²) in [5.41, 5.74) is 0.457. The van der Waals surface area contributed by atoms with Crippen molar-refractivity contribution >= 4 is 5.91 Å². The lowest BCUT2D eigenvalue weighted by Crippen LogP contribution is -2.45. The number of hydrogen-bond acceptors (Lipinski definition) is 4. The van der Waals surface area contributed by atoms with Gasteiger partial charge in [0.25, 0.3) is 11.5 Å². The summed E-state index contributed by atoms with van der Waals surface area (Å²) in [4.78, 5) is 29.8. The topological polar surface area (TPSA) is 82.6 Å². The first-order chi connectivity index (χ1) is 12.5. The molecule has 1 unspecified atom stereocenters. The fraction of sp³-hybridized carbons (Fsp3) is 0.400. The number of ether oxygens (including phenoxy) is 1. The van der Waals surface area contributed by atoms with Gasteiger partial charge in [-0.15, -0.1) is 0 Å². The second kappa shape index (κ2) is 6.29. The van der Waals surface area contributed by atoms with E-state index in [1.807, 2.05) is 24.3 Å². The number of carbonyl (C=O) groups excluding carboxylic acids is 1.